The summed E-state index contributed by atoms with van der Waals surface area (Å²) in [7, 11) is 3.37. The monoisotopic (exact) mass is 418 g/mol. The van der Waals surface area contributed by atoms with Gasteiger partial charge in [0.15, 0.2) is 0 Å². The summed E-state index contributed by atoms with van der Waals surface area (Å²) >= 11 is 6.10. The maximum absolute atomic E-state index is 6.10. The number of hydrazine groups is 1. The number of hydrogen-bond donors (Lipinski definition) is 1. The largest absolute Gasteiger partial charge is 0.496 e. The smallest absolute Gasteiger partial charge is 0.126 e. The van der Waals surface area contributed by atoms with Gasteiger partial charge in [0.25, 0.3) is 0 Å². The Balaban J connectivity index is 1.70. The fourth-order valence-electron chi connectivity index (χ4n) is 3.53. The molecule has 4 rings (SSSR count). The van der Waals surface area contributed by atoms with Crippen LogP contribution in [0.2, 0.25) is 5.02 Å². The number of anilines is 1. The molecule has 0 amide bonds. The van der Waals surface area contributed by atoms with Crippen LogP contribution in [0.5, 0.6) is 11.5 Å². The van der Waals surface area contributed by atoms with Gasteiger partial charge >= 0.3 is 0 Å². The molecule has 0 saturated heterocycles. The van der Waals surface area contributed by atoms with Crippen molar-refractivity contribution in [2.45, 2.75) is 6.04 Å². The van der Waals surface area contributed by atoms with E-state index in [4.69, 9.17) is 21.1 Å². The summed E-state index contributed by atoms with van der Waals surface area (Å²) in [6, 6.07) is 23.7. The lowest BCUT2D eigenvalue weighted by atomic mass is 10.0. The van der Waals surface area contributed by atoms with Crippen molar-refractivity contribution in [2.75, 3.05) is 19.2 Å². The summed E-state index contributed by atoms with van der Waals surface area (Å²) in [6.45, 7) is 0. The number of rotatable bonds is 6. The molecule has 0 radical (unpaired) electrons. The number of hydrogen-bond acceptors (Lipinski definition) is 4. The highest BCUT2D eigenvalue weighted by Gasteiger charge is 2.27. The molecule has 1 atom stereocenters. The molecule has 30 heavy (non-hydrogen) atoms. The third kappa shape index (κ3) is 4.14. The van der Waals surface area contributed by atoms with Gasteiger partial charge in [-0.2, -0.15) is 0 Å². The normalized spacial score (nSPS) is 15.8. The molecular weight excluding hydrogens is 396 g/mol. The van der Waals surface area contributed by atoms with Crippen molar-refractivity contribution in [3.63, 3.8) is 0 Å². The molecular formula is C25H23ClN2O2. The van der Waals surface area contributed by atoms with Crippen LogP contribution >= 0.6 is 11.6 Å². The van der Waals surface area contributed by atoms with E-state index in [0.717, 1.165) is 34.0 Å². The Kier molecular flexibility index (Phi) is 5.96. The molecule has 0 unspecified atom stereocenters. The zero-order valence-electron chi connectivity index (χ0n) is 16.9. The average molecular weight is 419 g/mol. The van der Waals surface area contributed by atoms with Crippen molar-refractivity contribution < 1.29 is 9.47 Å². The van der Waals surface area contributed by atoms with E-state index in [1.54, 1.807) is 14.2 Å². The lowest BCUT2D eigenvalue weighted by molar-refractivity contribution is 0.407. The van der Waals surface area contributed by atoms with Gasteiger partial charge in [-0.3, -0.25) is 10.4 Å². The molecule has 5 heteroatoms. The van der Waals surface area contributed by atoms with Crippen LogP contribution in [0.25, 0.3) is 6.08 Å². The van der Waals surface area contributed by atoms with Gasteiger partial charge in [0.05, 0.1) is 31.6 Å². The molecule has 4 nitrogen and oxygen atoms in total. The van der Waals surface area contributed by atoms with Crippen LogP contribution in [0.3, 0.4) is 0 Å². The number of methoxy groups -OCH3 is 2. The van der Waals surface area contributed by atoms with E-state index in [-0.39, 0.29) is 6.04 Å². The number of ether oxygens (including phenoxy) is 2. The molecule has 152 valence electrons. The predicted octanol–water partition coefficient (Wildman–Crippen LogP) is 6.02. The molecule has 3 aromatic rings. The number of benzene rings is 3. The molecule has 1 N–H and O–H groups in total. The van der Waals surface area contributed by atoms with E-state index in [2.05, 4.69) is 28.7 Å². The van der Waals surface area contributed by atoms with Crippen LogP contribution in [0.4, 0.5) is 5.69 Å². The van der Waals surface area contributed by atoms with Gasteiger partial charge in [-0.1, -0.05) is 48.0 Å². The van der Waals surface area contributed by atoms with Crippen molar-refractivity contribution in [3.05, 3.63) is 107 Å². The van der Waals surface area contributed by atoms with E-state index in [1.807, 2.05) is 72.8 Å². The number of allylic oxidation sites excluding steroid dienone is 1. The van der Waals surface area contributed by atoms with Crippen molar-refractivity contribution >= 4 is 23.4 Å². The maximum Gasteiger partial charge on any atom is 0.126 e. The Morgan fingerprint density at radius 2 is 1.50 bits per heavy atom. The Morgan fingerprint density at radius 3 is 2.23 bits per heavy atom. The highest BCUT2D eigenvalue weighted by molar-refractivity contribution is 6.30. The first-order valence-electron chi connectivity index (χ1n) is 9.67. The van der Waals surface area contributed by atoms with Gasteiger partial charge in [-0.05, 0) is 54.6 Å². The van der Waals surface area contributed by atoms with Crippen molar-refractivity contribution in [2.24, 2.45) is 0 Å². The minimum atomic E-state index is -0.0420. The van der Waals surface area contributed by atoms with E-state index < -0.39 is 0 Å². The number of nitrogens with one attached hydrogen (secondary N) is 1. The minimum Gasteiger partial charge on any atom is -0.496 e. The Morgan fingerprint density at radius 1 is 0.833 bits per heavy atom. The second-order valence-electron chi connectivity index (χ2n) is 6.84. The highest BCUT2D eigenvalue weighted by Crippen LogP contribution is 2.37. The Bertz CT molecular complexity index is 1080. The van der Waals surface area contributed by atoms with E-state index >= 15 is 0 Å². The second-order valence-corrected chi connectivity index (χ2v) is 7.28. The number of nitrogens with zero attached hydrogens (tertiary/aromatic N) is 1. The van der Waals surface area contributed by atoms with Gasteiger partial charge in [-0.15, -0.1) is 0 Å². The van der Waals surface area contributed by atoms with E-state index in [9.17, 15) is 0 Å². The molecule has 1 aliphatic heterocycles. The molecule has 1 aliphatic rings. The lowest BCUT2D eigenvalue weighted by Crippen LogP contribution is -2.34. The zero-order chi connectivity index (χ0) is 20.9. The van der Waals surface area contributed by atoms with E-state index in [0.29, 0.717) is 5.02 Å². The Labute approximate surface area is 182 Å². The minimum absolute atomic E-state index is 0.0420. The van der Waals surface area contributed by atoms with Crippen LogP contribution in [0.15, 0.2) is 90.6 Å². The summed E-state index contributed by atoms with van der Waals surface area (Å²) in [6.07, 6.45) is 6.27. The summed E-state index contributed by atoms with van der Waals surface area (Å²) < 4.78 is 11.1. The molecule has 1 heterocycles. The third-order valence-electron chi connectivity index (χ3n) is 5.01. The standard InChI is InChI=1S/C25H23ClN2O2/c1-29-24-9-5-3-7-18(24)11-14-20-17-23(22-8-4-6-10-25(22)30-2)28(27-20)21-15-12-19(26)13-16-21/h3-17,23,27H,1-2H3/b14-11+/t23-/m0/s1. The SMILES string of the molecule is COc1ccccc1/C=C/C1=C[C@@H](c2ccccc2OC)N(c2ccc(Cl)cc2)N1. The number of halogens is 1. The van der Waals surface area contributed by atoms with Crippen LogP contribution in [-0.4, -0.2) is 14.2 Å². The molecule has 0 fully saturated rings. The first-order valence-corrected chi connectivity index (χ1v) is 10.0. The van der Waals surface area contributed by atoms with Crippen molar-refractivity contribution in [1.82, 2.24) is 5.43 Å². The predicted molar refractivity (Wildman–Crippen MR) is 123 cm³/mol. The summed E-state index contributed by atoms with van der Waals surface area (Å²) in [5, 5.41) is 2.81. The van der Waals surface area contributed by atoms with E-state index in [1.165, 1.54) is 0 Å². The maximum atomic E-state index is 6.10. The average Bonchev–Trinajstić information content (AvgIpc) is 3.22. The van der Waals surface area contributed by atoms with Crippen molar-refractivity contribution in [3.8, 4) is 11.5 Å². The quantitative estimate of drug-likeness (QED) is 0.530. The number of para-hydroxylation sites is 2. The zero-order valence-corrected chi connectivity index (χ0v) is 17.6. The third-order valence-corrected chi connectivity index (χ3v) is 5.26. The first kappa shape index (κ1) is 19.9. The fraction of sp³-hybridized carbons (Fsp3) is 0.120. The molecule has 0 aromatic heterocycles. The van der Waals surface area contributed by atoms with Gasteiger partial charge in [0.2, 0.25) is 0 Å². The summed E-state index contributed by atoms with van der Waals surface area (Å²) in [5.74, 6) is 1.68. The highest BCUT2D eigenvalue weighted by atomic mass is 35.5. The van der Waals surface area contributed by atoms with Gasteiger partial charge in [0, 0.05) is 16.1 Å². The lowest BCUT2D eigenvalue weighted by Gasteiger charge is -2.28. The fourth-order valence-corrected chi connectivity index (χ4v) is 3.66. The second kappa shape index (κ2) is 8.97. The Hall–Kier alpha value is -3.37. The van der Waals surface area contributed by atoms with Crippen LogP contribution in [0.1, 0.15) is 17.2 Å². The molecule has 3 aromatic carbocycles. The molecule has 0 spiro atoms. The first-order chi connectivity index (χ1) is 14.7. The molecule has 0 bridgehead atoms. The van der Waals surface area contributed by atoms with Gasteiger partial charge < -0.3 is 9.47 Å². The van der Waals surface area contributed by atoms with Crippen LogP contribution in [0, 0.1) is 0 Å². The van der Waals surface area contributed by atoms with Gasteiger partial charge in [0.1, 0.15) is 11.5 Å². The summed E-state index contributed by atoms with van der Waals surface area (Å²) in [4.78, 5) is 0. The molecule has 0 saturated carbocycles. The van der Waals surface area contributed by atoms with Crippen molar-refractivity contribution in [1.29, 1.82) is 0 Å². The summed E-state index contributed by atoms with van der Waals surface area (Å²) in [5.41, 5.74) is 7.58. The van der Waals surface area contributed by atoms with Crippen LogP contribution < -0.4 is 19.9 Å². The topological polar surface area (TPSA) is 33.7 Å². The van der Waals surface area contributed by atoms with Crippen LogP contribution in [-0.2, 0) is 0 Å². The molecule has 0 aliphatic carbocycles. The van der Waals surface area contributed by atoms with Gasteiger partial charge in [-0.25, -0.2) is 0 Å².